The van der Waals surface area contributed by atoms with Gasteiger partial charge in [-0.2, -0.15) is 18.3 Å². The second-order valence-electron chi connectivity index (χ2n) is 7.22. The lowest BCUT2D eigenvalue weighted by atomic mass is 10.2. The minimum atomic E-state index is -4.47. The molecule has 1 N–H and O–H groups in total. The normalized spacial score (nSPS) is 12.1. The molecule has 0 saturated heterocycles. The highest BCUT2D eigenvalue weighted by atomic mass is 19.4. The van der Waals surface area contributed by atoms with E-state index in [1.54, 1.807) is 0 Å². The number of halogens is 3. The summed E-state index contributed by atoms with van der Waals surface area (Å²) in [5.74, 6) is -0.260. The van der Waals surface area contributed by atoms with Gasteiger partial charge in [-0.25, -0.2) is 4.68 Å². The number of ether oxygens (including phenoxy) is 1. The Morgan fingerprint density at radius 1 is 1.24 bits per heavy atom. The van der Waals surface area contributed by atoms with Crippen molar-refractivity contribution in [2.45, 2.75) is 46.0 Å². The average Bonchev–Trinajstić information content (AvgIpc) is 3.08. The molecule has 0 radical (unpaired) electrons. The number of hydrogen-bond acceptors (Lipinski definition) is 4. The second-order valence-corrected chi connectivity index (χ2v) is 7.22. The maximum absolute atomic E-state index is 13.0. The first-order valence-electron chi connectivity index (χ1n) is 9.39. The van der Waals surface area contributed by atoms with Crippen molar-refractivity contribution in [3.63, 3.8) is 0 Å². The quantitative estimate of drug-likeness (QED) is 0.718. The lowest BCUT2D eigenvalue weighted by Crippen LogP contribution is -2.42. The summed E-state index contributed by atoms with van der Waals surface area (Å²) in [6.07, 6.45) is -3.08. The molecule has 0 fully saturated rings. The number of carbonyl (C=O) groups excluding carboxylic acids is 1. The van der Waals surface area contributed by atoms with Gasteiger partial charge < -0.3 is 10.1 Å². The number of amides is 1. The largest absolute Gasteiger partial charge is 0.493 e. The standard InChI is InChI=1S/C20H27F3N4O2/c1-13(2)26(14(3)4)10-9-24-19(28)18-17(29-5)12-27(25-18)16-8-6-7-15(11-16)20(21,22)23/h6-8,11-14H,9-10H2,1-5H3,(H,24,28). The van der Waals surface area contributed by atoms with Gasteiger partial charge in [0.2, 0.25) is 0 Å². The fourth-order valence-electron chi connectivity index (χ4n) is 3.12. The first-order chi connectivity index (χ1) is 13.5. The zero-order valence-corrected chi connectivity index (χ0v) is 17.2. The van der Waals surface area contributed by atoms with Crippen LogP contribution in [0, 0.1) is 0 Å². The minimum Gasteiger partial charge on any atom is -0.493 e. The zero-order valence-electron chi connectivity index (χ0n) is 17.2. The number of benzene rings is 1. The Hall–Kier alpha value is -2.55. The fraction of sp³-hybridized carbons (Fsp3) is 0.500. The van der Waals surface area contributed by atoms with Gasteiger partial charge in [0.25, 0.3) is 5.91 Å². The van der Waals surface area contributed by atoms with Crippen LogP contribution < -0.4 is 10.1 Å². The van der Waals surface area contributed by atoms with Crippen molar-refractivity contribution in [3.05, 3.63) is 41.7 Å². The summed E-state index contributed by atoms with van der Waals surface area (Å²) >= 11 is 0. The van der Waals surface area contributed by atoms with Gasteiger partial charge in [-0.05, 0) is 45.9 Å². The number of nitrogens with one attached hydrogen (secondary N) is 1. The zero-order chi connectivity index (χ0) is 21.8. The summed E-state index contributed by atoms with van der Waals surface area (Å²) in [4.78, 5) is 14.8. The second kappa shape index (κ2) is 9.30. The van der Waals surface area contributed by atoms with Crippen molar-refractivity contribution in [2.24, 2.45) is 0 Å². The van der Waals surface area contributed by atoms with Crippen molar-refractivity contribution in [1.29, 1.82) is 0 Å². The molecule has 2 rings (SSSR count). The van der Waals surface area contributed by atoms with Crippen molar-refractivity contribution in [1.82, 2.24) is 20.0 Å². The Balaban J connectivity index is 2.17. The van der Waals surface area contributed by atoms with E-state index < -0.39 is 17.6 Å². The molecular formula is C20H27F3N4O2. The number of methoxy groups -OCH3 is 1. The number of aromatic nitrogens is 2. The third kappa shape index (κ3) is 5.72. The van der Waals surface area contributed by atoms with Crippen molar-refractivity contribution in [3.8, 4) is 11.4 Å². The maximum atomic E-state index is 13.0. The van der Waals surface area contributed by atoms with Crippen LogP contribution in [0.5, 0.6) is 5.75 Å². The summed E-state index contributed by atoms with van der Waals surface area (Å²) in [5, 5.41) is 6.94. The number of rotatable bonds is 8. The molecule has 0 aliphatic rings. The first kappa shape index (κ1) is 22.7. The van der Waals surface area contributed by atoms with E-state index >= 15 is 0 Å². The molecule has 0 aliphatic carbocycles. The molecule has 29 heavy (non-hydrogen) atoms. The average molecular weight is 412 g/mol. The Morgan fingerprint density at radius 3 is 2.45 bits per heavy atom. The number of carbonyl (C=O) groups is 1. The van der Waals surface area contributed by atoms with E-state index in [1.165, 1.54) is 30.1 Å². The Bertz CT molecular complexity index is 823. The highest BCUT2D eigenvalue weighted by Crippen LogP contribution is 2.30. The predicted octanol–water partition coefficient (Wildman–Crippen LogP) is 3.75. The third-order valence-electron chi connectivity index (χ3n) is 4.54. The fourth-order valence-corrected chi connectivity index (χ4v) is 3.12. The first-order valence-corrected chi connectivity index (χ1v) is 9.39. The Morgan fingerprint density at radius 2 is 1.90 bits per heavy atom. The van der Waals surface area contributed by atoms with Crippen LogP contribution in [0.4, 0.5) is 13.2 Å². The monoisotopic (exact) mass is 412 g/mol. The molecule has 1 aromatic carbocycles. The Kier molecular flexibility index (Phi) is 7.29. The molecular weight excluding hydrogens is 385 g/mol. The van der Waals surface area contributed by atoms with E-state index in [4.69, 9.17) is 4.74 Å². The number of hydrogen-bond donors (Lipinski definition) is 1. The van der Waals surface area contributed by atoms with Gasteiger partial charge in [-0.15, -0.1) is 0 Å². The molecule has 0 spiro atoms. The molecule has 1 heterocycles. The highest BCUT2D eigenvalue weighted by Gasteiger charge is 2.30. The van der Waals surface area contributed by atoms with Gasteiger partial charge in [0.05, 0.1) is 24.6 Å². The van der Waals surface area contributed by atoms with Gasteiger partial charge in [0.1, 0.15) is 0 Å². The molecule has 6 nitrogen and oxygen atoms in total. The van der Waals surface area contributed by atoms with Gasteiger partial charge in [-0.3, -0.25) is 9.69 Å². The van der Waals surface area contributed by atoms with E-state index in [9.17, 15) is 18.0 Å². The van der Waals surface area contributed by atoms with Crippen LogP contribution in [0.2, 0.25) is 0 Å². The summed E-state index contributed by atoms with van der Waals surface area (Å²) in [5.41, 5.74) is -0.591. The van der Waals surface area contributed by atoms with Crippen LogP contribution in [-0.4, -0.2) is 52.9 Å². The SMILES string of the molecule is COc1cn(-c2cccc(C(F)(F)F)c2)nc1C(=O)NCCN(C(C)C)C(C)C. The summed E-state index contributed by atoms with van der Waals surface area (Å²) in [6, 6.07) is 5.39. The highest BCUT2D eigenvalue weighted by molar-refractivity contribution is 5.94. The van der Waals surface area contributed by atoms with E-state index in [2.05, 4.69) is 43.0 Å². The summed E-state index contributed by atoms with van der Waals surface area (Å²) in [7, 11) is 1.38. The van der Waals surface area contributed by atoms with Gasteiger partial charge in [0.15, 0.2) is 11.4 Å². The van der Waals surface area contributed by atoms with Crippen LogP contribution >= 0.6 is 0 Å². The number of alkyl halides is 3. The van der Waals surface area contributed by atoms with E-state index in [-0.39, 0.29) is 17.1 Å². The lowest BCUT2D eigenvalue weighted by Gasteiger charge is -2.30. The van der Waals surface area contributed by atoms with Crippen LogP contribution in [0.3, 0.4) is 0 Å². The van der Waals surface area contributed by atoms with E-state index in [1.807, 2.05) is 0 Å². The van der Waals surface area contributed by atoms with Crippen molar-refractivity contribution >= 4 is 5.91 Å². The molecule has 1 aromatic heterocycles. The van der Waals surface area contributed by atoms with Crippen LogP contribution in [0.1, 0.15) is 43.7 Å². The predicted molar refractivity (Wildman–Crippen MR) is 104 cm³/mol. The molecule has 0 unspecified atom stereocenters. The molecule has 0 bridgehead atoms. The maximum Gasteiger partial charge on any atom is 0.416 e. The van der Waals surface area contributed by atoms with Gasteiger partial charge in [0, 0.05) is 25.2 Å². The van der Waals surface area contributed by atoms with Crippen molar-refractivity contribution < 1.29 is 22.7 Å². The number of nitrogens with zero attached hydrogens (tertiary/aromatic N) is 3. The molecule has 9 heteroatoms. The minimum absolute atomic E-state index is 0.0190. The van der Waals surface area contributed by atoms with Crippen LogP contribution in [-0.2, 0) is 6.18 Å². The molecule has 0 aliphatic heterocycles. The van der Waals surface area contributed by atoms with E-state index in [0.29, 0.717) is 25.2 Å². The molecule has 0 atom stereocenters. The molecule has 2 aromatic rings. The van der Waals surface area contributed by atoms with Gasteiger partial charge in [-0.1, -0.05) is 6.07 Å². The molecule has 1 amide bonds. The third-order valence-corrected chi connectivity index (χ3v) is 4.54. The Labute approximate surface area is 168 Å². The molecule has 160 valence electrons. The topological polar surface area (TPSA) is 59.4 Å². The van der Waals surface area contributed by atoms with Crippen LogP contribution in [0.15, 0.2) is 30.5 Å². The lowest BCUT2D eigenvalue weighted by molar-refractivity contribution is -0.137. The van der Waals surface area contributed by atoms with Crippen molar-refractivity contribution in [2.75, 3.05) is 20.2 Å². The van der Waals surface area contributed by atoms with Gasteiger partial charge >= 0.3 is 6.18 Å². The molecule has 0 saturated carbocycles. The summed E-state index contributed by atoms with van der Waals surface area (Å²) < 4.78 is 45.3. The summed E-state index contributed by atoms with van der Waals surface area (Å²) in [6.45, 7) is 9.42. The smallest absolute Gasteiger partial charge is 0.416 e. The van der Waals surface area contributed by atoms with E-state index in [0.717, 1.165) is 12.1 Å². The van der Waals surface area contributed by atoms with Crippen LogP contribution in [0.25, 0.3) is 5.69 Å².